The Morgan fingerprint density at radius 3 is 2.33 bits per heavy atom. The molecule has 1 aliphatic rings. The first-order valence-corrected chi connectivity index (χ1v) is 7.23. The molecule has 0 aromatic rings. The molecule has 1 atom stereocenters. The van der Waals surface area contributed by atoms with Gasteiger partial charge in [-0.3, -0.25) is 16.2 Å². The highest BCUT2D eigenvalue weighted by Gasteiger charge is 2.34. The van der Waals surface area contributed by atoms with Crippen molar-refractivity contribution in [2.24, 2.45) is 5.84 Å². The van der Waals surface area contributed by atoms with Gasteiger partial charge >= 0.3 is 0 Å². The first-order valence-electron chi connectivity index (χ1n) is 7.23. The van der Waals surface area contributed by atoms with Gasteiger partial charge in [-0.2, -0.15) is 0 Å². The molecule has 18 heavy (non-hydrogen) atoms. The fraction of sp³-hybridized carbons (Fsp3) is 0.867. The van der Waals surface area contributed by atoms with Gasteiger partial charge in [-0.15, -0.1) is 11.8 Å². The third-order valence-electron chi connectivity index (χ3n) is 4.21. The maximum Gasteiger partial charge on any atom is 0.0398 e. The molecule has 0 bridgehead atoms. The van der Waals surface area contributed by atoms with Crippen LogP contribution in [-0.4, -0.2) is 29.6 Å². The van der Waals surface area contributed by atoms with Crippen molar-refractivity contribution in [2.75, 3.05) is 13.1 Å². The maximum absolute atomic E-state index is 5.76. The molecule has 3 N–H and O–H groups in total. The highest BCUT2D eigenvalue weighted by atomic mass is 15.3. The van der Waals surface area contributed by atoms with Crippen molar-refractivity contribution < 1.29 is 0 Å². The molecule has 0 saturated carbocycles. The minimum absolute atomic E-state index is 0.106. The smallest absolute Gasteiger partial charge is 0.0398 e. The van der Waals surface area contributed by atoms with Crippen LogP contribution in [-0.2, 0) is 0 Å². The number of rotatable bonds is 5. The van der Waals surface area contributed by atoms with E-state index in [4.69, 9.17) is 5.84 Å². The van der Waals surface area contributed by atoms with Crippen LogP contribution in [0.15, 0.2) is 0 Å². The first-order chi connectivity index (χ1) is 8.62. The lowest BCUT2D eigenvalue weighted by Crippen LogP contribution is -2.59. The van der Waals surface area contributed by atoms with Crippen molar-refractivity contribution in [3.8, 4) is 11.8 Å². The summed E-state index contributed by atoms with van der Waals surface area (Å²) >= 11 is 0. The van der Waals surface area contributed by atoms with E-state index in [-0.39, 0.29) is 5.54 Å². The molecule has 3 nitrogen and oxygen atoms in total. The number of nitrogens with one attached hydrogen (secondary N) is 1. The Balaban J connectivity index is 2.62. The van der Waals surface area contributed by atoms with Gasteiger partial charge in [0.1, 0.15) is 0 Å². The Labute approximate surface area is 112 Å². The summed E-state index contributed by atoms with van der Waals surface area (Å²) in [6, 6.07) is 0.302. The number of hydrogen-bond donors (Lipinski definition) is 2. The summed E-state index contributed by atoms with van der Waals surface area (Å²) in [6.45, 7) is 8.91. The Kier molecular flexibility index (Phi) is 6.70. The van der Waals surface area contributed by atoms with Crippen LogP contribution >= 0.6 is 0 Å². The van der Waals surface area contributed by atoms with Gasteiger partial charge in [0.05, 0.1) is 0 Å². The van der Waals surface area contributed by atoms with E-state index in [2.05, 4.69) is 36.0 Å². The fourth-order valence-electron chi connectivity index (χ4n) is 2.85. The van der Waals surface area contributed by atoms with Crippen LogP contribution < -0.4 is 11.3 Å². The summed E-state index contributed by atoms with van der Waals surface area (Å²) in [5.74, 6) is 11.9. The molecular weight excluding hydrogens is 222 g/mol. The molecule has 1 heterocycles. The summed E-state index contributed by atoms with van der Waals surface area (Å²) in [5.41, 5.74) is 3.12. The zero-order valence-electron chi connectivity index (χ0n) is 12.3. The number of hydrogen-bond acceptors (Lipinski definition) is 3. The Bertz CT molecular complexity index is 280. The van der Waals surface area contributed by atoms with Crippen LogP contribution in [0.1, 0.15) is 59.3 Å². The number of likely N-dealkylation sites (tertiary alicyclic amines) is 1. The molecular formula is C15H29N3. The van der Waals surface area contributed by atoms with Gasteiger partial charge in [-0.1, -0.05) is 12.8 Å². The third kappa shape index (κ3) is 4.28. The average molecular weight is 251 g/mol. The minimum Gasteiger partial charge on any atom is -0.297 e. The fourth-order valence-corrected chi connectivity index (χ4v) is 2.85. The van der Waals surface area contributed by atoms with Gasteiger partial charge in [-0.05, 0) is 53.1 Å². The van der Waals surface area contributed by atoms with Gasteiger partial charge < -0.3 is 0 Å². The average Bonchev–Trinajstić information content (AvgIpc) is 2.63. The second-order valence-corrected chi connectivity index (χ2v) is 5.74. The van der Waals surface area contributed by atoms with Crippen LogP contribution in [0, 0.1) is 11.8 Å². The summed E-state index contributed by atoms with van der Waals surface area (Å²) in [4.78, 5) is 2.60. The van der Waals surface area contributed by atoms with Gasteiger partial charge in [0.2, 0.25) is 0 Å². The van der Waals surface area contributed by atoms with E-state index in [1.165, 1.54) is 38.8 Å². The molecule has 0 aromatic heterocycles. The molecule has 3 heteroatoms. The summed E-state index contributed by atoms with van der Waals surface area (Å²) < 4.78 is 0. The minimum atomic E-state index is 0.106. The van der Waals surface area contributed by atoms with Crippen molar-refractivity contribution in [1.29, 1.82) is 0 Å². The van der Waals surface area contributed by atoms with E-state index < -0.39 is 0 Å². The largest absolute Gasteiger partial charge is 0.297 e. The van der Waals surface area contributed by atoms with E-state index in [1.807, 2.05) is 6.92 Å². The monoisotopic (exact) mass is 251 g/mol. The molecule has 0 amide bonds. The van der Waals surface area contributed by atoms with Crippen molar-refractivity contribution in [2.45, 2.75) is 70.9 Å². The Morgan fingerprint density at radius 1 is 1.22 bits per heavy atom. The standard InChI is InChI=1S/C15H29N3/c1-4-5-8-11-14(17-16)15(2,3)18-12-9-6-7-10-13-18/h14,17H,6-13,16H2,1-3H3. The predicted octanol–water partition coefficient (Wildman–Crippen LogP) is 2.28. The first kappa shape index (κ1) is 15.5. The number of nitrogens with zero attached hydrogens (tertiary/aromatic N) is 1. The Hall–Kier alpha value is -0.560. The van der Waals surface area contributed by atoms with Gasteiger partial charge in [-0.25, -0.2) is 0 Å². The highest BCUT2D eigenvalue weighted by molar-refractivity contribution is 4.99. The van der Waals surface area contributed by atoms with Crippen molar-refractivity contribution in [3.05, 3.63) is 0 Å². The van der Waals surface area contributed by atoms with Crippen LogP contribution in [0.3, 0.4) is 0 Å². The molecule has 1 fully saturated rings. The van der Waals surface area contributed by atoms with Crippen molar-refractivity contribution in [1.82, 2.24) is 10.3 Å². The van der Waals surface area contributed by atoms with Crippen LogP contribution in [0.4, 0.5) is 0 Å². The van der Waals surface area contributed by atoms with E-state index in [1.54, 1.807) is 0 Å². The van der Waals surface area contributed by atoms with E-state index >= 15 is 0 Å². The third-order valence-corrected chi connectivity index (χ3v) is 4.21. The SMILES string of the molecule is CC#CCCC(NN)C(C)(C)N1CCCCCC1. The summed E-state index contributed by atoms with van der Waals surface area (Å²) in [5, 5.41) is 0. The molecule has 104 valence electrons. The topological polar surface area (TPSA) is 41.3 Å². The lowest BCUT2D eigenvalue weighted by molar-refractivity contribution is 0.0806. The predicted molar refractivity (Wildman–Crippen MR) is 77.9 cm³/mol. The molecule has 1 saturated heterocycles. The molecule has 1 aliphatic heterocycles. The van der Waals surface area contributed by atoms with Gasteiger partial charge in [0.15, 0.2) is 0 Å². The van der Waals surface area contributed by atoms with Crippen LogP contribution in [0.25, 0.3) is 0 Å². The Morgan fingerprint density at radius 2 is 1.83 bits per heavy atom. The molecule has 0 spiro atoms. The maximum atomic E-state index is 5.76. The molecule has 1 unspecified atom stereocenters. The normalized spacial score (nSPS) is 19.8. The molecule has 0 aromatic carbocycles. The van der Waals surface area contributed by atoms with Crippen LogP contribution in [0.5, 0.6) is 0 Å². The zero-order chi connectivity index (χ0) is 13.4. The number of hydrazine groups is 1. The molecule has 0 radical (unpaired) electrons. The van der Waals surface area contributed by atoms with Crippen molar-refractivity contribution >= 4 is 0 Å². The van der Waals surface area contributed by atoms with Crippen molar-refractivity contribution in [3.63, 3.8) is 0 Å². The van der Waals surface area contributed by atoms with Gasteiger partial charge in [0.25, 0.3) is 0 Å². The second-order valence-electron chi connectivity index (χ2n) is 5.74. The van der Waals surface area contributed by atoms with E-state index in [0.717, 1.165) is 12.8 Å². The van der Waals surface area contributed by atoms with Crippen LogP contribution in [0.2, 0.25) is 0 Å². The van der Waals surface area contributed by atoms with E-state index in [9.17, 15) is 0 Å². The lowest BCUT2D eigenvalue weighted by Gasteiger charge is -2.43. The summed E-state index contributed by atoms with van der Waals surface area (Å²) in [7, 11) is 0. The second kappa shape index (κ2) is 7.78. The van der Waals surface area contributed by atoms with Gasteiger partial charge in [0, 0.05) is 18.0 Å². The lowest BCUT2D eigenvalue weighted by atomic mass is 9.89. The molecule has 1 rings (SSSR count). The summed E-state index contributed by atoms with van der Waals surface area (Å²) in [6.07, 6.45) is 7.30. The highest BCUT2D eigenvalue weighted by Crippen LogP contribution is 2.25. The molecule has 0 aliphatic carbocycles. The zero-order valence-corrected chi connectivity index (χ0v) is 12.3. The number of nitrogens with two attached hydrogens (primary N) is 1. The van der Waals surface area contributed by atoms with E-state index in [0.29, 0.717) is 6.04 Å². The quantitative estimate of drug-likeness (QED) is 0.447.